The predicted molar refractivity (Wildman–Crippen MR) is 190 cm³/mol. The van der Waals surface area contributed by atoms with Crippen LogP contribution in [0.1, 0.15) is 116 Å². The molecular formula is C41H58F2O7. The number of hydrogen-bond donors (Lipinski definition) is 1. The first-order valence-corrected chi connectivity index (χ1v) is 19.0. The van der Waals surface area contributed by atoms with Crippen molar-refractivity contribution in [1.29, 1.82) is 0 Å². The lowest BCUT2D eigenvalue weighted by molar-refractivity contribution is -0.148. The highest BCUT2D eigenvalue weighted by molar-refractivity contribution is 5.79. The Morgan fingerprint density at radius 3 is 1.96 bits per heavy atom. The Kier molecular flexibility index (Phi) is 15.2. The normalized spacial score (nSPS) is 23.8. The van der Waals surface area contributed by atoms with E-state index in [0.717, 1.165) is 55.9 Å². The van der Waals surface area contributed by atoms with Crippen LogP contribution in [-0.4, -0.2) is 37.4 Å². The quantitative estimate of drug-likeness (QED) is 0.164. The molecule has 0 radical (unpaired) electrons. The van der Waals surface area contributed by atoms with E-state index in [4.69, 9.17) is 18.9 Å². The first kappa shape index (κ1) is 39.4. The fourth-order valence-electron chi connectivity index (χ4n) is 8.40. The van der Waals surface area contributed by atoms with Crippen molar-refractivity contribution in [2.45, 2.75) is 118 Å². The molecule has 278 valence electrons. The predicted octanol–water partition coefficient (Wildman–Crippen LogP) is 9.78. The van der Waals surface area contributed by atoms with Gasteiger partial charge in [-0.3, -0.25) is 9.59 Å². The van der Waals surface area contributed by atoms with E-state index >= 15 is 0 Å². The summed E-state index contributed by atoms with van der Waals surface area (Å²) in [6, 6.07) is 6.64. The summed E-state index contributed by atoms with van der Waals surface area (Å²) >= 11 is 0. The smallest absolute Gasteiger partial charge is 0.315 e. The highest BCUT2D eigenvalue weighted by Crippen LogP contribution is 2.43. The molecule has 0 spiro atoms. The van der Waals surface area contributed by atoms with Gasteiger partial charge in [0.15, 0.2) is 23.0 Å². The SMILES string of the molecule is CCCC1CCC(C(Cc2ccc(OCC)c(F)c2O)C(=O)OC)CC1.CCCC1CCC(C2Cc3ccc(OCC)c(F)c3OC2=O)CC1. The minimum atomic E-state index is -0.764. The largest absolute Gasteiger partial charge is 0.505 e. The maximum Gasteiger partial charge on any atom is 0.315 e. The second-order valence-electron chi connectivity index (χ2n) is 14.3. The number of phenols is 1. The first-order valence-electron chi connectivity index (χ1n) is 19.0. The molecule has 2 aromatic carbocycles. The Bertz CT molecular complexity index is 1400. The van der Waals surface area contributed by atoms with Crippen LogP contribution in [0.15, 0.2) is 24.3 Å². The number of carbonyl (C=O) groups is 2. The third kappa shape index (κ3) is 9.91. The van der Waals surface area contributed by atoms with Gasteiger partial charge >= 0.3 is 11.9 Å². The minimum absolute atomic E-state index is 0.0310. The lowest BCUT2D eigenvalue weighted by atomic mass is 9.72. The van der Waals surface area contributed by atoms with E-state index < -0.39 is 17.4 Å². The number of fused-ring (bicyclic) bond motifs is 1. The van der Waals surface area contributed by atoms with Crippen LogP contribution in [0.5, 0.6) is 23.0 Å². The van der Waals surface area contributed by atoms with Gasteiger partial charge in [-0.25, -0.2) is 0 Å². The van der Waals surface area contributed by atoms with Gasteiger partial charge < -0.3 is 24.1 Å². The Balaban J connectivity index is 0.000000225. The zero-order valence-electron chi connectivity index (χ0n) is 30.7. The van der Waals surface area contributed by atoms with Gasteiger partial charge in [0.05, 0.1) is 32.2 Å². The number of esters is 2. The van der Waals surface area contributed by atoms with Gasteiger partial charge in [-0.1, -0.05) is 77.3 Å². The molecule has 5 rings (SSSR count). The van der Waals surface area contributed by atoms with E-state index in [2.05, 4.69) is 13.8 Å². The van der Waals surface area contributed by atoms with Crippen LogP contribution >= 0.6 is 0 Å². The van der Waals surface area contributed by atoms with Crippen molar-refractivity contribution in [2.24, 2.45) is 35.5 Å². The molecule has 0 bridgehead atoms. The van der Waals surface area contributed by atoms with Crippen LogP contribution in [0.4, 0.5) is 8.78 Å². The fourth-order valence-corrected chi connectivity index (χ4v) is 8.40. The number of rotatable bonds is 13. The van der Waals surface area contributed by atoms with E-state index in [1.165, 1.54) is 51.7 Å². The summed E-state index contributed by atoms with van der Waals surface area (Å²) in [5.41, 5.74) is 1.22. The highest BCUT2D eigenvalue weighted by Gasteiger charge is 2.38. The van der Waals surface area contributed by atoms with Gasteiger partial charge in [-0.15, -0.1) is 0 Å². The summed E-state index contributed by atoms with van der Waals surface area (Å²) in [4.78, 5) is 24.8. The Labute approximate surface area is 297 Å². The summed E-state index contributed by atoms with van der Waals surface area (Å²) in [5, 5.41) is 10.2. The Hall–Kier alpha value is -3.36. The third-order valence-electron chi connectivity index (χ3n) is 11.1. The van der Waals surface area contributed by atoms with Crippen molar-refractivity contribution < 1.29 is 42.4 Å². The number of phenolic OH excluding ortho intramolecular Hbond substituents is 1. The molecule has 0 aromatic heterocycles. The topological polar surface area (TPSA) is 91.3 Å². The van der Waals surface area contributed by atoms with Crippen molar-refractivity contribution in [3.63, 3.8) is 0 Å². The number of ether oxygens (including phenoxy) is 4. The summed E-state index contributed by atoms with van der Waals surface area (Å²) in [6.45, 7) is 8.69. The number of methoxy groups -OCH3 is 1. The third-order valence-corrected chi connectivity index (χ3v) is 11.1. The molecule has 7 nitrogen and oxygen atoms in total. The van der Waals surface area contributed by atoms with Crippen molar-refractivity contribution in [2.75, 3.05) is 20.3 Å². The van der Waals surface area contributed by atoms with Crippen molar-refractivity contribution >= 4 is 11.9 Å². The van der Waals surface area contributed by atoms with E-state index in [0.29, 0.717) is 31.1 Å². The van der Waals surface area contributed by atoms with Gasteiger partial charge in [-0.2, -0.15) is 8.78 Å². The van der Waals surface area contributed by atoms with E-state index in [9.17, 15) is 23.5 Å². The van der Waals surface area contributed by atoms with Gasteiger partial charge in [0, 0.05) is 0 Å². The lowest BCUT2D eigenvalue weighted by Gasteiger charge is -2.35. The molecular weight excluding hydrogens is 642 g/mol. The molecule has 2 aliphatic carbocycles. The van der Waals surface area contributed by atoms with Crippen LogP contribution < -0.4 is 14.2 Å². The standard InChI is InChI=1S/C21H31FO4.C20H27FO3/c1-4-6-14-7-9-15(10-8-14)17(21(24)25-3)13-16-11-12-18(26-5-2)19(22)20(16)23;1-3-5-13-6-8-14(9-7-13)16-12-15-10-11-17(23-4-2)18(21)19(15)24-20(16)22/h11-12,14-15,17,23H,4-10,13H2,1-3H3;10-11,13-14,16H,3-9,12H2,1-2H3. The maximum absolute atomic E-state index is 14.4. The molecule has 2 aromatic rings. The van der Waals surface area contributed by atoms with Crippen LogP contribution in [0.2, 0.25) is 0 Å². The molecule has 2 unspecified atom stereocenters. The van der Waals surface area contributed by atoms with Crippen molar-refractivity contribution in [1.82, 2.24) is 0 Å². The molecule has 2 atom stereocenters. The van der Waals surface area contributed by atoms with Gasteiger partial charge in [0.1, 0.15) is 0 Å². The average molecular weight is 701 g/mol. The highest BCUT2D eigenvalue weighted by atomic mass is 19.1. The average Bonchev–Trinajstić information content (AvgIpc) is 3.12. The maximum atomic E-state index is 14.4. The first-order chi connectivity index (χ1) is 24.1. The van der Waals surface area contributed by atoms with Crippen LogP contribution in [-0.2, 0) is 27.2 Å². The molecule has 0 saturated heterocycles. The van der Waals surface area contributed by atoms with Gasteiger partial charge in [0.25, 0.3) is 0 Å². The number of hydrogen-bond acceptors (Lipinski definition) is 7. The van der Waals surface area contributed by atoms with E-state index in [-0.39, 0.29) is 53.4 Å². The van der Waals surface area contributed by atoms with Crippen molar-refractivity contribution in [3.05, 3.63) is 47.0 Å². The van der Waals surface area contributed by atoms with Gasteiger partial charge in [0.2, 0.25) is 11.6 Å². The van der Waals surface area contributed by atoms with Crippen LogP contribution in [0.25, 0.3) is 0 Å². The van der Waals surface area contributed by atoms with E-state index in [1.807, 2.05) is 6.07 Å². The number of carbonyl (C=O) groups excluding carboxylic acids is 2. The van der Waals surface area contributed by atoms with Crippen LogP contribution in [0, 0.1) is 47.1 Å². The monoisotopic (exact) mass is 700 g/mol. The molecule has 0 amide bonds. The summed E-state index contributed by atoms with van der Waals surface area (Å²) < 4.78 is 49.5. The van der Waals surface area contributed by atoms with Gasteiger partial charge in [-0.05, 0) is 99.3 Å². The van der Waals surface area contributed by atoms with E-state index in [1.54, 1.807) is 26.0 Å². The molecule has 9 heteroatoms. The number of aromatic hydroxyl groups is 1. The fraction of sp³-hybridized carbons (Fsp3) is 0.659. The molecule has 3 aliphatic rings. The Morgan fingerprint density at radius 2 is 1.40 bits per heavy atom. The molecule has 1 heterocycles. The summed E-state index contributed by atoms with van der Waals surface area (Å²) in [7, 11) is 1.39. The zero-order valence-corrected chi connectivity index (χ0v) is 30.7. The van der Waals surface area contributed by atoms with Crippen molar-refractivity contribution in [3.8, 4) is 23.0 Å². The molecule has 1 aliphatic heterocycles. The number of halogens is 2. The summed E-state index contributed by atoms with van der Waals surface area (Å²) in [6.07, 6.45) is 14.6. The lowest BCUT2D eigenvalue weighted by Crippen LogP contribution is -2.35. The molecule has 2 saturated carbocycles. The second-order valence-corrected chi connectivity index (χ2v) is 14.3. The molecule has 2 fully saturated rings. The Morgan fingerprint density at radius 1 is 0.840 bits per heavy atom. The zero-order chi connectivity index (χ0) is 36.2. The van der Waals surface area contributed by atoms with Crippen LogP contribution in [0.3, 0.4) is 0 Å². The summed E-state index contributed by atoms with van der Waals surface area (Å²) in [5.74, 6) is -0.382. The molecule has 1 N–H and O–H groups in total. The molecule has 50 heavy (non-hydrogen) atoms. The number of benzene rings is 2. The minimum Gasteiger partial charge on any atom is -0.505 e. The second kappa shape index (κ2) is 19.3.